The van der Waals surface area contributed by atoms with Crippen molar-refractivity contribution < 1.29 is 13.2 Å². The van der Waals surface area contributed by atoms with Gasteiger partial charge in [0.25, 0.3) is 5.95 Å². The van der Waals surface area contributed by atoms with Crippen molar-refractivity contribution in [3.63, 3.8) is 0 Å². The molecule has 0 aliphatic rings. The van der Waals surface area contributed by atoms with Crippen molar-refractivity contribution in [3.8, 4) is 0 Å². The summed E-state index contributed by atoms with van der Waals surface area (Å²) in [7, 11) is 0. The van der Waals surface area contributed by atoms with Gasteiger partial charge in [0, 0.05) is 12.6 Å². The molecular formula is C14H13F3N2. The van der Waals surface area contributed by atoms with Crippen LogP contribution in [0.1, 0.15) is 11.1 Å². The summed E-state index contributed by atoms with van der Waals surface area (Å²) in [5.41, 5.74) is 2.21. The van der Waals surface area contributed by atoms with E-state index in [0.717, 1.165) is 11.1 Å². The molecule has 0 unspecified atom stereocenters. The van der Waals surface area contributed by atoms with Gasteiger partial charge in [0.15, 0.2) is 17.5 Å². The number of aromatic nitrogens is 1. The molecule has 0 aliphatic heterocycles. The molecular weight excluding hydrogens is 253 g/mol. The topological polar surface area (TPSA) is 24.9 Å². The Morgan fingerprint density at radius 2 is 1.89 bits per heavy atom. The second-order valence-corrected chi connectivity index (χ2v) is 4.26. The third-order valence-corrected chi connectivity index (χ3v) is 2.68. The minimum absolute atomic E-state index is 0.272. The van der Waals surface area contributed by atoms with E-state index in [1.807, 2.05) is 31.2 Å². The van der Waals surface area contributed by atoms with Crippen molar-refractivity contribution in [1.82, 2.24) is 4.98 Å². The van der Waals surface area contributed by atoms with Gasteiger partial charge < -0.3 is 5.32 Å². The fourth-order valence-corrected chi connectivity index (χ4v) is 1.76. The fraction of sp³-hybridized carbons (Fsp3) is 0.214. The molecule has 1 N–H and O–H groups in total. The van der Waals surface area contributed by atoms with E-state index < -0.39 is 17.6 Å². The Kier molecular flexibility index (Phi) is 4.04. The largest absolute Gasteiger partial charge is 0.367 e. The summed E-state index contributed by atoms with van der Waals surface area (Å²) in [4.78, 5) is 3.19. The van der Waals surface area contributed by atoms with E-state index in [1.54, 1.807) is 0 Å². The van der Waals surface area contributed by atoms with Gasteiger partial charge >= 0.3 is 0 Å². The van der Waals surface area contributed by atoms with Gasteiger partial charge in [-0.25, -0.2) is 8.78 Å². The minimum atomic E-state index is -1.31. The van der Waals surface area contributed by atoms with E-state index in [4.69, 9.17) is 0 Å². The van der Waals surface area contributed by atoms with Crippen LogP contribution in [0.25, 0.3) is 0 Å². The van der Waals surface area contributed by atoms with Crippen LogP contribution in [0.15, 0.2) is 30.3 Å². The molecule has 1 aromatic carbocycles. The molecule has 0 atom stereocenters. The first-order chi connectivity index (χ1) is 9.06. The molecule has 0 saturated heterocycles. The lowest BCUT2D eigenvalue weighted by Crippen LogP contribution is -2.09. The summed E-state index contributed by atoms with van der Waals surface area (Å²) >= 11 is 0. The lowest BCUT2D eigenvalue weighted by Gasteiger charge is -2.07. The van der Waals surface area contributed by atoms with E-state index in [0.29, 0.717) is 19.0 Å². The van der Waals surface area contributed by atoms with Gasteiger partial charge in [-0.3, -0.25) is 0 Å². The number of aryl methyl sites for hydroxylation is 1. The first kappa shape index (κ1) is 13.4. The van der Waals surface area contributed by atoms with Gasteiger partial charge in [0.1, 0.15) is 0 Å². The van der Waals surface area contributed by atoms with Gasteiger partial charge in [-0.2, -0.15) is 9.37 Å². The number of nitrogens with zero attached hydrogens (tertiary/aromatic N) is 1. The second-order valence-electron chi connectivity index (χ2n) is 4.26. The molecule has 0 fully saturated rings. The van der Waals surface area contributed by atoms with E-state index in [1.165, 1.54) is 0 Å². The van der Waals surface area contributed by atoms with Crippen LogP contribution in [0.4, 0.5) is 19.0 Å². The van der Waals surface area contributed by atoms with Gasteiger partial charge in [-0.05, 0) is 18.9 Å². The summed E-state index contributed by atoms with van der Waals surface area (Å²) in [6.45, 7) is 2.37. The molecule has 2 rings (SSSR count). The van der Waals surface area contributed by atoms with Gasteiger partial charge in [0.05, 0.1) is 0 Å². The quantitative estimate of drug-likeness (QED) is 0.857. The zero-order valence-electron chi connectivity index (χ0n) is 10.4. The van der Waals surface area contributed by atoms with E-state index >= 15 is 0 Å². The average molecular weight is 266 g/mol. The summed E-state index contributed by atoms with van der Waals surface area (Å²) in [5.74, 6) is -3.77. The maximum Gasteiger partial charge on any atom is 0.251 e. The molecule has 100 valence electrons. The molecule has 0 amide bonds. The highest BCUT2D eigenvalue weighted by atomic mass is 19.2. The number of rotatable bonds is 4. The molecule has 0 bridgehead atoms. The van der Waals surface area contributed by atoms with Crippen LogP contribution in [0, 0.1) is 24.5 Å². The highest BCUT2D eigenvalue weighted by Crippen LogP contribution is 2.14. The predicted molar refractivity (Wildman–Crippen MR) is 67.5 cm³/mol. The van der Waals surface area contributed by atoms with Crippen LogP contribution < -0.4 is 5.32 Å². The molecule has 1 heterocycles. The summed E-state index contributed by atoms with van der Waals surface area (Å²) in [6, 6.07) is 8.35. The number of hydrogen-bond donors (Lipinski definition) is 1. The monoisotopic (exact) mass is 266 g/mol. The summed E-state index contributed by atoms with van der Waals surface area (Å²) in [6.07, 6.45) is 0.641. The normalized spacial score (nSPS) is 10.5. The third kappa shape index (κ3) is 3.47. The lowest BCUT2D eigenvalue weighted by atomic mass is 10.1. The zero-order chi connectivity index (χ0) is 13.8. The molecule has 5 heteroatoms. The lowest BCUT2D eigenvalue weighted by molar-refractivity contribution is 0.466. The Morgan fingerprint density at radius 1 is 1.11 bits per heavy atom. The predicted octanol–water partition coefficient (Wildman–Crippen LogP) is 3.46. The number of benzene rings is 1. The third-order valence-electron chi connectivity index (χ3n) is 2.68. The van der Waals surface area contributed by atoms with Crippen LogP contribution in [-0.4, -0.2) is 11.5 Å². The van der Waals surface area contributed by atoms with Crippen molar-refractivity contribution in [2.24, 2.45) is 0 Å². The first-order valence-electron chi connectivity index (χ1n) is 5.87. The summed E-state index contributed by atoms with van der Waals surface area (Å²) in [5, 5.41) is 2.66. The molecule has 0 aliphatic carbocycles. The summed E-state index contributed by atoms with van der Waals surface area (Å²) < 4.78 is 38.8. The van der Waals surface area contributed by atoms with Crippen molar-refractivity contribution in [1.29, 1.82) is 0 Å². The van der Waals surface area contributed by atoms with Gasteiger partial charge in [-0.1, -0.05) is 29.8 Å². The van der Waals surface area contributed by atoms with Crippen molar-refractivity contribution in [3.05, 3.63) is 59.0 Å². The minimum Gasteiger partial charge on any atom is -0.367 e. The Balaban J connectivity index is 1.98. The number of anilines is 1. The number of halogens is 3. The van der Waals surface area contributed by atoms with Crippen molar-refractivity contribution in [2.75, 3.05) is 11.9 Å². The smallest absolute Gasteiger partial charge is 0.251 e. The maximum absolute atomic E-state index is 13.3. The molecule has 0 radical (unpaired) electrons. The molecule has 0 saturated carbocycles. The van der Waals surface area contributed by atoms with Crippen LogP contribution in [0.3, 0.4) is 0 Å². The second kappa shape index (κ2) is 5.73. The van der Waals surface area contributed by atoms with E-state index in [9.17, 15) is 13.2 Å². The fourth-order valence-electron chi connectivity index (χ4n) is 1.76. The molecule has 2 aromatic rings. The van der Waals surface area contributed by atoms with Crippen LogP contribution in [0.5, 0.6) is 0 Å². The Hall–Kier alpha value is -2.04. The Morgan fingerprint density at radius 3 is 2.63 bits per heavy atom. The highest BCUT2D eigenvalue weighted by molar-refractivity contribution is 5.36. The van der Waals surface area contributed by atoms with Crippen LogP contribution in [-0.2, 0) is 6.42 Å². The van der Waals surface area contributed by atoms with Gasteiger partial charge in [0.2, 0.25) is 0 Å². The Bertz CT molecular complexity index is 585. The SMILES string of the molecule is Cc1cccc(CCNc2nc(F)c(F)cc2F)c1. The molecule has 19 heavy (non-hydrogen) atoms. The van der Waals surface area contributed by atoms with Crippen LogP contribution >= 0.6 is 0 Å². The molecule has 0 spiro atoms. The number of hydrogen-bond acceptors (Lipinski definition) is 2. The van der Waals surface area contributed by atoms with Crippen molar-refractivity contribution >= 4 is 5.82 Å². The highest BCUT2D eigenvalue weighted by Gasteiger charge is 2.10. The van der Waals surface area contributed by atoms with Crippen LogP contribution in [0.2, 0.25) is 0 Å². The van der Waals surface area contributed by atoms with E-state index in [2.05, 4.69) is 10.3 Å². The maximum atomic E-state index is 13.3. The Labute approximate surface area is 109 Å². The van der Waals surface area contributed by atoms with E-state index in [-0.39, 0.29) is 5.82 Å². The standard InChI is InChI=1S/C14H13F3N2/c1-9-3-2-4-10(7-9)5-6-18-14-12(16)8-11(15)13(17)19-14/h2-4,7-8H,5-6H2,1H3,(H,18,19). The number of nitrogens with one attached hydrogen (secondary N) is 1. The van der Waals surface area contributed by atoms with Gasteiger partial charge in [-0.15, -0.1) is 0 Å². The zero-order valence-corrected chi connectivity index (χ0v) is 10.4. The first-order valence-corrected chi connectivity index (χ1v) is 5.87. The molecule has 2 nitrogen and oxygen atoms in total. The molecule has 1 aromatic heterocycles. The number of pyridine rings is 1. The van der Waals surface area contributed by atoms with Crippen molar-refractivity contribution in [2.45, 2.75) is 13.3 Å². The average Bonchev–Trinajstić information content (AvgIpc) is 2.35.